The number of ether oxygens (including phenoxy) is 1. The molecule has 5 heteroatoms. The van der Waals surface area contributed by atoms with E-state index in [-0.39, 0.29) is 12.5 Å². The number of amides is 1. The third kappa shape index (κ3) is 5.64. The van der Waals surface area contributed by atoms with Crippen LogP contribution in [0.5, 0.6) is 0 Å². The highest BCUT2D eigenvalue weighted by molar-refractivity contribution is 5.95. The molecule has 0 fully saturated rings. The molecule has 0 aliphatic heterocycles. The molecule has 0 unspecified atom stereocenters. The lowest BCUT2D eigenvalue weighted by Crippen LogP contribution is -2.21. The molecule has 25 heavy (non-hydrogen) atoms. The summed E-state index contributed by atoms with van der Waals surface area (Å²) in [6, 6.07) is 11.2. The quantitative estimate of drug-likeness (QED) is 0.602. The van der Waals surface area contributed by atoms with E-state index in [9.17, 15) is 9.59 Å². The van der Waals surface area contributed by atoms with Crippen LogP contribution in [0.3, 0.4) is 0 Å². The van der Waals surface area contributed by atoms with E-state index in [1.54, 1.807) is 12.1 Å². The number of anilines is 1. The zero-order chi connectivity index (χ0) is 18.2. The molecule has 0 saturated carbocycles. The second-order valence-electron chi connectivity index (χ2n) is 5.83. The lowest BCUT2D eigenvalue weighted by Gasteiger charge is -2.15. The summed E-state index contributed by atoms with van der Waals surface area (Å²) in [5.41, 5.74) is 1.82. The monoisotopic (exact) mass is 341 g/mol. The number of esters is 1. The molecule has 1 aromatic carbocycles. The van der Waals surface area contributed by atoms with Gasteiger partial charge in [0.05, 0.1) is 0 Å². The van der Waals surface area contributed by atoms with Gasteiger partial charge in [-0.25, -0.2) is 4.79 Å². The topological polar surface area (TPSA) is 68.5 Å². The Hall–Kier alpha value is -2.82. The van der Waals surface area contributed by atoms with Crippen LogP contribution in [-0.2, 0) is 14.3 Å². The maximum Gasteiger partial charge on any atom is 0.331 e. The van der Waals surface area contributed by atoms with Crippen molar-refractivity contribution in [2.75, 3.05) is 11.9 Å². The van der Waals surface area contributed by atoms with E-state index < -0.39 is 5.97 Å². The molecule has 1 heterocycles. The minimum absolute atomic E-state index is 0.332. The fourth-order valence-electron chi connectivity index (χ4n) is 2.32. The van der Waals surface area contributed by atoms with Gasteiger partial charge in [-0.1, -0.05) is 32.0 Å². The van der Waals surface area contributed by atoms with E-state index in [2.05, 4.69) is 19.2 Å². The molecule has 1 aromatic heterocycles. The molecule has 0 bridgehead atoms. The number of carbonyl (C=O) groups excluding carboxylic acids is 2. The number of carbonyl (C=O) groups is 2. The van der Waals surface area contributed by atoms with Crippen LogP contribution >= 0.6 is 0 Å². The highest BCUT2D eigenvalue weighted by Crippen LogP contribution is 2.26. The SMILES string of the molecule is CC[C@H](C)c1ccccc1NC(=O)COC(=O)/C=C/c1ccc(C)o1. The first-order chi connectivity index (χ1) is 12.0. The molecule has 0 aliphatic carbocycles. The number of para-hydroxylation sites is 1. The van der Waals surface area contributed by atoms with Crippen molar-refractivity contribution in [3.8, 4) is 0 Å². The van der Waals surface area contributed by atoms with Crippen LogP contribution in [0.15, 0.2) is 46.9 Å². The molecule has 1 atom stereocenters. The zero-order valence-corrected chi connectivity index (χ0v) is 14.7. The normalized spacial score (nSPS) is 12.1. The van der Waals surface area contributed by atoms with Gasteiger partial charge in [0, 0.05) is 11.8 Å². The van der Waals surface area contributed by atoms with Crippen LogP contribution in [0.2, 0.25) is 0 Å². The van der Waals surface area contributed by atoms with Gasteiger partial charge in [-0.15, -0.1) is 0 Å². The van der Waals surface area contributed by atoms with Crippen LogP contribution < -0.4 is 5.32 Å². The fraction of sp³-hybridized carbons (Fsp3) is 0.300. The van der Waals surface area contributed by atoms with Gasteiger partial charge in [0.1, 0.15) is 11.5 Å². The Morgan fingerprint density at radius 2 is 2.00 bits per heavy atom. The molecule has 0 radical (unpaired) electrons. The number of nitrogens with one attached hydrogen (secondary N) is 1. The van der Waals surface area contributed by atoms with Crippen LogP contribution in [0.4, 0.5) is 5.69 Å². The van der Waals surface area contributed by atoms with Crippen LogP contribution in [0.1, 0.15) is 43.3 Å². The van der Waals surface area contributed by atoms with Gasteiger partial charge < -0.3 is 14.5 Å². The smallest absolute Gasteiger partial charge is 0.331 e. The lowest BCUT2D eigenvalue weighted by molar-refractivity contribution is -0.142. The van der Waals surface area contributed by atoms with Gasteiger partial charge in [0.15, 0.2) is 6.61 Å². The Labute approximate surface area is 147 Å². The van der Waals surface area contributed by atoms with Crippen molar-refractivity contribution in [2.24, 2.45) is 0 Å². The van der Waals surface area contributed by atoms with Gasteiger partial charge in [0.25, 0.3) is 5.91 Å². The van der Waals surface area contributed by atoms with Crippen molar-refractivity contribution in [2.45, 2.75) is 33.1 Å². The fourth-order valence-corrected chi connectivity index (χ4v) is 2.32. The average Bonchev–Trinajstić information content (AvgIpc) is 3.03. The number of rotatable bonds is 7. The summed E-state index contributed by atoms with van der Waals surface area (Å²) in [6.45, 7) is 5.68. The maximum absolute atomic E-state index is 12.0. The van der Waals surface area contributed by atoms with Gasteiger partial charge in [-0.2, -0.15) is 0 Å². The van der Waals surface area contributed by atoms with E-state index >= 15 is 0 Å². The first-order valence-corrected chi connectivity index (χ1v) is 8.29. The van der Waals surface area contributed by atoms with Gasteiger partial charge in [0.2, 0.25) is 0 Å². The Bertz CT molecular complexity index is 761. The number of benzene rings is 1. The molecule has 1 amide bonds. The molecule has 1 N–H and O–H groups in total. The molecule has 2 rings (SSSR count). The summed E-state index contributed by atoms with van der Waals surface area (Å²) in [5.74, 6) is 0.679. The van der Waals surface area contributed by atoms with Crippen molar-refractivity contribution < 1.29 is 18.7 Å². The third-order valence-electron chi connectivity index (χ3n) is 3.87. The van der Waals surface area contributed by atoms with Gasteiger partial charge in [-0.3, -0.25) is 4.79 Å². The summed E-state index contributed by atoms with van der Waals surface area (Å²) in [4.78, 5) is 23.7. The van der Waals surface area contributed by atoms with Crippen molar-refractivity contribution in [3.05, 3.63) is 59.6 Å². The summed E-state index contributed by atoms with van der Waals surface area (Å²) in [6.07, 6.45) is 3.71. The van der Waals surface area contributed by atoms with Crippen molar-refractivity contribution in [1.29, 1.82) is 0 Å². The maximum atomic E-state index is 12.0. The van der Waals surface area contributed by atoms with E-state index in [1.165, 1.54) is 12.2 Å². The minimum atomic E-state index is -0.598. The lowest BCUT2D eigenvalue weighted by atomic mass is 9.97. The summed E-state index contributed by atoms with van der Waals surface area (Å²) in [7, 11) is 0. The Balaban J connectivity index is 1.86. The summed E-state index contributed by atoms with van der Waals surface area (Å²) >= 11 is 0. The molecule has 0 aliphatic rings. The van der Waals surface area contributed by atoms with Gasteiger partial charge in [-0.05, 0) is 49.1 Å². The molecule has 0 spiro atoms. The molecular weight excluding hydrogens is 318 g/mol. The van der Waals surface area contributed by atoms with Crippen molar-refractivity contribution >= 4 is 23.6 Å². The van der Waals surface area contributed by atoms with E-state index in [4.69, 9.17) is 9.15 Å². The standard InChI is InChI=1S/C20H23NO4/c1-4-14(2)17-7-5-6-8-18(17)21-19(22)13-24-20(23)12-11-16-10-9-15(3)25-16/h5-12,14H,4,13H2,1-3H3,(H,21,22)/b12-11+/t14-/m0/s1. The largest absolute Gasteiger partial charge is 0.462 e. The van der Waals surface area contributed by atoms with Crippen LogP contribution in [0, 0.1) is 6.92 Å². The first-order valence-electron chi connectivity index (χ1n) is 8.29. The molecule has 2 aromatic rings. The Morgan fingerprint density at radius 3 is 2.68 bits per heavy atom. The second kappa shape index (κ2) is 8.87. The van der Waals surface area contributed by atoms with E-state index in [0.29, 0.717) is 11.7 Å². The number of aryl methyl sites for hydroxylation is 1. The summed E-state index contributed by atoms with van der Waals surface area (Å²) in [5, 5.41) is 2.80. The number of furan rings is 1. The zero-order valence-electron chi connectivity index (χ0n) is 14.7. The summed E-state index contributed by atoms with van der Waals surface area (Å²) < 4.78 is 10.3. The molecule has 5 nitrogen and oxygen atoms in total. The predicted octanol–water partition coefficient (Wildman–Crippen LogP) is 4.30. The molecule has 132 valence electrons. The second-order valence-corrected chi connectivity index (χ2v) is 5.83. The Kier molecular flexibility index (Phi) is 6.57. The van der Waals surface area contributed by atoms with E-state index in [0.717, 1.165) is 23.4 Å². The highest BCUT2D eigenvalue weighted by atomic mass is 16.5. The van der Waals surface area contributed by atoms with Crippen LogP contribution in [0.25, 0.3) is 6.08 Å². The third-order valence-corrected chi connectivity index (χ3v) is 3.87. The molecular formula is C20H23NO4. The molecule has 0 saturated heterocycles. The van der Waals surface area contributed by atoms with Crippen LogP contribution in [-0.4, -0.2) is 18.5 Å². The number of hydrogen-bond acceptors (Lipinski definition) is 4. The number of hydrogen-bond donors (Lipinski definition) is 1. The Morgan fingerprint density at radius 1 is 1.24 bits per heavy atom. The minimum Gasteiger partial charge on any atom is -0.462 e. The first kappa shape index (κ1) is 18.5. The predicted molar refractivity (Wildman–Crippen MR) is 97.2 cm³/mol. The average molecular weight is 341 g/mol. The van der Waals surface area contributed by atoms with Crippen molar-refractivity contribution in [1.82, 2.24) is 0 Å². The van der Waals surface area contributed by atoms with E-state index in [1.807, 2.05) is 31.2 Å². The van der Waals surface area contributed by atoms with Gasteiger partial charge >= 0.3 is 5.97 Å². The van der Waals surface area contributed by atoms with Crippen molar-refractivity contribution in [3.63, 3.8) is 0 Å². The highest BCUT2D eigenvalue weighted by Gasteiger charge is 2.12.